The van der Waals surface area contributed by atoms with Crippen LogP contribution in [0.3, 0.4) is 0 Å². The fourth-order valence-electron chi connectivity index (χ4n) is 4.22. The van der Waals surface area contributed by atoms with Crippen LogP contribution in [0.15, 0.2) is 24.3 Å². The first-order chi connectivity index (χ1) is 14.5. The number of piperidine rings is 1. The van der Waals surface area contributed by atoms with E-state index in [0.717, 1.165) is 35.6 Å². The van der Waals surface area contributed by atoms with Crippen molar-refractivity contribution in [1.82, 2.24) is 14.7 Å². The van der Waals surface area contributed by atoms with E-state index in [1.165, 1.54) is 24.9 Å². The van der Waals surface area contributed by atoms with E-state index in [2.05, 4.69) is 40.3 Å². The largest absolute Gasteiger partial charge is 0.372 e. The molecule has 3 rings (SSSR count). The van der Waals surface area contributed by atoms with Crippen LogP contribution < -0.4 is 4.90 Å². The van der Waals surface area contributed by atoms with Gasteiger partial charge in [0.25, 0.3) is 0 Å². The van der Waals surface area contributed by atoms with E-state index in [9.17, 15) is 4.79 Å². The van der Waals surface area contributed by atoms with Crippen molar-refractivity contribution in [1.29, 1.82) is 5.26 Å². The predicted octanol–water partition coefficient (Wildman–Crippen LogP) is 4.00. The van der Waals surface area contributed by atoms with Crippen LogP contribution in [0.4, 0.5) is 5.69 Å². The molecule has 0 spiro atoms. The molecule has 0 radical (unpaired) electrons. The second-order valence-corrected chi connectivity index (χ2v) is 8.24. The summed E-state index contributed by atoms with van der Waals surface area (Å²) in [5, 5.41) is 13.3. The Labute approximate surface area is 180 Å². The number of rotatable bonds is 8. The number of nitrogens with zero attached hydrogens (tertiary/aromatic N) is 5. The molecule has 30 heavy (non-hydrogen) atoms. The Morgan fingerprint density at radius 3 is 2.53 bits per heavy atom. The van der Waals surface area contributed by atoms with E-state index in [1.807, 2.05) is 25.6 Å². The molecule has 1 fully saturated rings. The summed E-state index contributed by atoms with van der Waals surface area (Å²) in [7, 11) is 1.87. The molecule has 1 amide bonds. The molecular formula is C24H33N5O. The minimum Gasteiger partial charge on any atom is -0.372 e. The lowest BCUT2D eigenvalue weighted by molar-refractivity contribution is -0.130. The van der Waals surface area contributed by atoms with Gasteiger partial charge in [-0.1, -0.05) is 12.1 Å². The summed E-state index contributed by atoms with van der Waals surface area (Å²) in [4.78, 5) is 16.9. The van der Waals surface area contributed by atoms with Crippen LogP contribution >= 0.6 is 0 Å². The van der Waals surface area contributed by atoms with Crippen LogP contribution in [0.25, 0.3) is 0 Å². The van der Waals surface area contributed by atoms with Crippen LogP contribution in [-0.2, 0) is 24.3 Å². The third-order valence-corrected chi connectivity index (χ3v) is 6.06. The minimum atomic E-state index is 0.138. The molecule has 2 aromatic rings. The van der Waals surface area contributed by atoms with Gasteiger partial charge in [-0.15, -0.1) is 0 Å². The van der Waals surface area contributed by atoms with Gasteiger partial charge in [-0.2, -0.15) is 10.4 Å². The van der Waals surface area contributed by atoms with E-state index < -0.39 is 0 Å². The Morgan fingerprint density at radius 1 is 1.17 bits per heavy atom. The van der Waals surface area contributed by atoms with Gasteiger partial charge in [-0.05, 0) is 62.8 Å². The smallest absolute Gasteiger partial charge is 0.222 e. The zero-order valence-corrected chi connectivity index (χ0v) is 18.5. The number of hydrogen-bond acceptors (Lipinski definition) is 4. The average molecular weight is 408 g/mol. The minimum absolute atomic E-state index is 0.138. The summed E-state index contributed by atoms with van der Waals surface area (Å²) in [6.07, 6.45) is 5.47. The Balaban J connectivity index is 1.52. The van der Waals surface area contributed by atoms with Gasteiger partial charge in [0, 0.05) is 44.5 Å². The molecule has 160 valence electrons. The first-order valence-corrected chi connectivity index (χ1v) is 11.0. The van der Waals surface area contributed by atoms with Crippen LogP contribution in [0.2, 0.25) is 0 Å². The Hall–Kier alpha value is -2.81. The first kappa shape index (κ1) is 21.9. The molecule has 6 heteroatoms. The Morgan fingerprint density at radius 2 is 1.87 bits per heavy atom. The topological polar surface area (TPSA) is 65.2 Å². The van der Waals surface area contributed by atoms with Gasteiger partial charge in [0.15, 0.2) is 0 Å². The number of benzene rings is 1. The zero-order valence-electron chi connectivity index (χ0n) is 18.5. The van der Waals surface area contributed by atoms with E-state index in [-0.39, 0.29) is 5.91 Å². The number of amides is 1. The maximum absolute atomic E-state index is 12.7. The number of carbonyl (C=O) groups excluding carboxylic acids is 1. The summed E-state index contributed by atoms with van der Waals surface area (Å²) in [6.45, 7) is 7.50. The summed E-state index contributed by atoms with van der Waals surface area (Å²) in [6, 6.07) is 10.8. The molecule has 0 aliphatic carbocycles. The number of aromatic nitrogens is 2. The summed E-state index contributed by atoms with van der Waals surface area (Å²) in [5.41, 5.74) is 5.58. The molecule has 1 aliphatic heterocycles. The lowest BCUT2D eigenvalue weighted by Gasteiger charge is -2.29. The Kier molecular flexibility index (Phi) is 7.51. The lowest BCUT2D eigenvalue weighted by Crippen LogP contribution is -2.29. The number of carbonyl (C=O) groups is 1. The molecular weight excluding hydrogens is 374 g/mol. The van der Waals surface area contributed by atoms with Crippen molar-refractivity contribution in [3.63, 3.8) is 0 Å². The molecule has 2 heterocycles. The molecule has 1 aromatic heterocycles. The molecule has 1 aromatic carbocycles. The maximum Gasteiger partial charge on any atom is 0.222 e. The van der Waals surface area contributed by atoms with Gasteiger partial charge in [-0.25, -0.2) is 0 Å². The second-order valence-electron chi connectivity index (χ2n) is 8.24. The van der Waals surface area contributed by atoms with Crippen LogP contribution in [0.1, 0.15) is 54.6 Å². The molecule has 6 nitrogen and oxygen atoms in total. The highest BCUT2D eigenvalue weighted by atomic mass is 16.2. The van der Waals surface area contributed by atoms with Crippen LogP contribution in [0, 0.1) is 25.2 Å². The fourth-order valence-corrected chi connectivity index (χ4v) is 4.22. The maximum atomic E-state index is 12.7. The van der Waals surface area contributed by atoms with Crippen LogP contribution in [-0.4, -0.2) is 40.7 Å². The van der Waals surface area contributed by atoms with Crippen molar-refractivity contribution in [3.8, 4) is 6.07 Å². The Bertz CT molecular complexity index is 888. The monoisotopic (exact) mass is 407 g/mol. The molecule has 1 aliphatic rings. The lowest BCUT2D eigenvalue weighted by atomic mass is 10.1. The van der Waals surface area contributed by atoms with E-state index in [4.69, 9.17) is 5.26 Å². The number of anilines is 1. The third kappa shape index (κ3) is 5.41. The van der Waals surface area contributed by atoms with Gasteiger partial charge in [0.2, 0.25) is 5.91 Å². The summed E-state index contributed by atoms with van der Waals surface area (Å²) in [5.74, 6) is 0.138. The van der Waals surface area contributed by atoms with Gasteiger partial charge >= 0.3 is 0 Å². The second kappa shape index (κ2) is 10.3. The molecule has 0 atom stereocenters. The van der Waals surface area contributed by atoms with E-state index in [1.54, 1.807) is 4.90 Å². The summed E-state index contributed by atoms with van der Waals surface area (Å²) >= 11 is 0. The van der Waals surface area contributed by atoms with Gasteiger partial charge < -0.3 is 9.80 Å². The highest BCUT2D eigenvalue weighted by Gasteiger charge is 2.16. The molecule has 1 saturated heterocycles. The van der Waals surface area contributed by atoms with E-state index >= 15 is 0 Å². The molecule has 0 saturated carbocycles. The van der Waals surface area contributed by atoms with Crippen molar-refractivity contribution in [2.75, 3.05) is 25.0 Å². The third-order valence-electron chi connectivity index (χ3n) is 6.06. The number of hydrogen-bond donors (Lipinski definition) is 0. The van der Waals surface area contributed by atoms with Crippen molar-refractivity contribution in [2.24, 2.45) is 0 Å². The normalized spacial score (nSPS) is 13.9. The number of nitriles is 1. The fraction of sp³-hybridized carbons (Fsp3) is 0.542. The van der Waals surface area contributed by atoms with E-state index in [0.29, 0.717) is 32.4 Å². The molecule has 0 N–H and O–H groups in total. The molecule has 0 bridgehead atoms. The van der Waals surface area contributed by atoms with Gasteiger partial charge in [-0.3, -0.25) is 9.48 Å². The highest BCUT2D eigenvalue weighted by Crippen LogP contribution is 2.21. The van der Waals surface area contributed by atoms with Crippen molar-refractivity contribution in [3.05, 3.63) is 46.8 Å². The summed E-state index contributed by atoms with van der Waals surface area (Å²) < 4.78 is 1.88. The van der Waals surface area contributed by atoms with Crippen molar-refractivity contribution in [2.45, 2.75) is 65.5 Å². The standard InChI is InChI=1S/C24H33N5O/c1-19-23(20(2)29(26-19)17-7-14-25)12-13-24(30)27(3)18-21-8-10-22(11-9-21)28-15-5-4-6-16-28/h8-11H,4-7,12-13,15-18H2,1-3H3. The average Bonchev–Trinajstić information content (AvgIpc) is 3.04. The molecule has 0 unspecified atom stereocenters. The quantitative estimate of drug-likeness (QED) is 0.664. The SMILES string of the molecule is Cc1nn(CCC#N)c(C)c1CCC(=O)N(C)Cc1ccc(N2CCCCC2)cc1. The van der Waals surface area contributed by atoms with Crippen molar-refractivity contribution < 1.29 is 4.79 Å². The predicted molar refractivity (Wildman–Crippen MR) is 119 cm³/mol. The number of aryl methyl sites for hydroxylation is 2. The highest BCUT2D eigenvalue weighted by molar-refractivity contribution is 5.76. The van der Waals surface area contributed by atoms with Gasteiger partial charge in [0.05, 0.1) is 24.7 Å². The van der Waals surface area contributed by atoms with Gasteiger partial charge in [0.1, 0.15) is 0 Å². The first-order valence-electron chi connectivity index (χ1n) is 11.0. The zero-order chi connectivity index (χ0) is 21.5. The van der Waals surface area contributed by atoms with Crippen molar-refractivity contribution >= 4 is 11.6 Å². The van der Waals surface area contributed by atoms with Crippen LogP contribution in [0.5, 0.6) is 0 Å².